The van der Waals surface area contributed by atoms with E-state index in [4.69, 9.17) is 9.05 Å². The van der Waals surface area contributed by atoms with Crippen LogP contribution in [0.15, 0.2) is 41.3 Å². The molecule has 2 aromatic heterocycles. The van der Waals surface area contributed by atoms with Crippen molar-refractivity contribution in [3.63, 3.8) is 0 Å². The highest BCUT2D eigenvalue weighted by Crippen LogP contribution is 2.46. The maximum absolute atomic E-state index is 13.1. The highest BCUT2D eigenvalue weighted by atomic mass is 31.2. The second-order valence-electron chi connectivity index (χ2n) is 7.12. The lowest BCUT2D eigenvalue weighted by Gasteiger charge is -2.18. The summed E-state index contributed by atoms with van der Waals surface area (Å²) < 4.78 is 36.0. The van der Waals surface area contributed by atoms with Crippen LogP contribution in [0.5, 0.6) is 0 Å². The van der Waals surface area contributed by atoms with E-state index in [0.717, 1.165) is 11.1 Å². The Bertz CT molecular complexity index is 1240. The number of amides is 1. The Morgan fingerprint density at radius 1 is 1.18 bits per heavy atom. The molecule has 0 fully saturated rings. The Labute approximate surface area is 189 Å². The smallest absolute Gasteiger partial charge is 0.349 e. The van der Waals surface area contributed by atoms with Gasteiger partial charge < -0.3 is 24.5 Å². The molecule has 3 rings (SSSR count). The number of H-pyrrole nitrogens is 1. The van der Waals surface area contributed by atoms with Crippen molar-refractivity contribution in [1.29, 1.82) is 0 Å². The molecule has 0 saturated carbocycles. The number of benzene rings is 1. The van der Waals surface area contributed by atoms with Crippen LogP contribution in [0.25, 0.3) is 11.0 Å². The average molecular weight is 477 g/mol. The van der Waals surface area contributed by atoms with Crippen LogP contribution in [0.3, 0.4) is 0 Å². The third-order valence-corrected chi connectivity index (χ3v) is 6.65. The van der Waals surface area contributed by atoms with Crippen LogP contribution >= 0.6 is 7.60 Å². The van der Waals surface area contributed by atoms with Gasteiger partial charge in [-0.25, -0.2) is 4.39 Å². The van der Waals surface area contributed by atoms with Gasteiger partial charge in [0.1, 0.15) is 17.7 Å². The number of carbonyl (C=O) groups excluding carboxylic acids is 1. The fraction of sp³-hybridized carbons (Fsp3) is 0.318. The summed E-state index contributed by atoms with van der Waals surface area (Å²) >= 11 is 0. The number of pyridine rings is 2. The molecule has 1 amide bonds. The molecule has 0 aliphatic rings. The molecule has 11 heteroatoms. The molecule has 3 N–H and O–H groups in total. The highest BCUT2D eigenvalue weighted by molar-refractivity contribution is 7.53. The topological polar surface area (TPSA) is 131 Å². The van der Waals surface area contributed by atoms with Gasteiger partial charge in [-0.05, 0) is 49.6 Å². The Morgan fingerprint density at radius 3 is 2.45 bits per heavy atom. The maximum atomic E-state index is 13.1. The van der Waals surface area contributed by atoms with Crippen LogP contribution in [-0.2, 0) is 26.6 Å². The first-order valence-corrected chi connectivity index (χ1v) is 12.1. The number of hydrogen-bond donors (Lipinski definition) is 3. The van der Waals surface area contributed by atoms with Gasteiger partial charge in [-0.15, -0.1) is 0 Å². The minimum absolute atomic E-state index is 0.0437. The largest absolute Gasteiger partial charge is 0.392 e. The van der Waals surface area contributed by atoms with Crippen molar-refractivity contribution in [3.8, 4) is 0 Å². The monoisotopic (exact) mass is 477 g/mol. The van der Waals surface area contributed by atoms with E-state index >= 15 is 0 Å². The van der Waals surface area contributed by atoms with Gasteiger partial charge in [0.25, 0.3) is 11.5 Å². The summed E-state index contributed by atoms with van der Waals surface area (Å²) in [5.41, 5.74) is 1.18. The van der Waals surface area contributed by atoms with Gasteiger partial charge >= 0.3 is 7.60 Å². The summed E-state index contributed by atoms with van der Waals surface area (Å²) in [4.78, 5) is 32.4. The van der Waals surface area contributed by atoms with Crippen LogP contribution in [0, 0.1) is 5.82 Å². The lowest BCUT2D eigenvalue weighted by atomic mass is 10.0. The molecule has 33 heavy (non-hydrogen) atoms. The quantitative estimate of drug-likeness (QED) is 0.383. The molecule has 0 aliphatic heterocycles. The van der Waals surface area contributed by atoms with E-state index in [2.05, 4.69) is 15.3 Å². The van der Waals surface area contributed by atoms with Crippen molar-refractivity contribution in [2.45, 2.75) is 26.9 Å². The molecule has 3 aromatic rings. The van der Waals surface area contributed by atoms with Crippen LogP contribution in [0.1, 0.15) is 40.9 Å². The van der Waals surface area contributed by atoms with Gasteiger partial charge in [-0.1, -0.05) is 12.1 Å². The van der Waals surface area contributed by atoms with E-state index in [0.29, 0.717) is 11.9 Å². The Morgan fingerprint density at radius 2 is 1.85 bits per heavy atom. The summed E-state index contributed by atoms with van der Waals surface area (Å²) in [6.07, 6.45) is 1.58. The van der Waals surface area contributed by atoms with E-state index in [-0.39, 0.29) is 35.7 Å². The molecule has 9 nitrogen and oxygen atoms in total. The van der Waals surface area contributed by atoms with E-state index in [1.807, 2.05) is 0 Å². The van der Waals surface area contributed by atoms with Gasteiger partial charge in [0.15, 0.2) is 0 Å². The Balaban J connectivity index is 1.90. The normalized spacial score (nSPS) is 11.6. The van der Waals surface area contributed by atoms with E-state index in [1.165, 1.54) is 12.1 Å². The summed E-state index contributed by atoms with van der Waals surface area (Å²) in [6.45, 7) is 2.91. The summed E-state index contributed by atoms with van der Waals surface area (Å²) in [6, 6.07) is 7.70. The first-order valence-electron chi connectivity index (χ1n) is 10.4. The predicted octanol–water partition coefficient (Wildman–Crippen LogP) is 3.10. The third kappa shape index (κ3) is 5.91. The first-order chi connectivity index (χ1) is 15.8. The van der Waals surface area contributed by atoms with Gasteiger partial charge in [0, 0.05) is 11.8 Å². The van der Waals surface area contributed by atoms with E-state index in [1.54, 1.807) is 38.2 Å². The van der Waals surface area contributed by atoms with Crippen molar-refractivity contribution in [2.24, 2.45) is 0 Å². The van der Waals surface area contributed by atoms with Crippen molar-refractivity contribution in [1.82, 2.24) is 15.3 Å². The molecule has 0 unspecified atom stereocenters. The molecule has 0 aliphatic carbocycles. The fourth-order valence-electron chi connectivity index (χ4n) is 3.39. The zero-order valence-corrected chi connectivity index (χ0v) is 19.2. The number of nitrogens with one attached hydrogen (secondary N) is 2. The highest BCUT2D eigenvalue weighted by Gasteiger charge is 2.27. The van der Waals surface area contributed by atoms with E-state index < -0.39 is 32.0 Å². The number of rotatable bonds is 10. The zero-order valence-electron chi connectivity index (χ0n) is 18.3. The molecule has 0 spiro atoms. The summed E-state index contributed by atoms with van der Waals surface area (Å²) in [7, 11) is -3.57. The number of hydrogen-bond acceptors (Lipinski definition) is 7. The number of aromatic nitrogens is 2. The number of aliphatic hydroxyl groups excluding tert-OH is 1. The number of halogens is 1. The van der Waals surface area contributed by atoms with Gasteiger partial charge in [0.2, 0.25) is 0 Å². The van der Waals surface area contributed by atoms with Gasteiger partial charge in [-0.3, -0.25) is 19.1 Å². The van der Waals surface area contributed by atoms with E-state index in [9.17, 15) is 23.7 Å². The summed E-state index contributed by atoms with van der Waals surface area (Å²) in [5, 5.41) is 12.3. The maximum Gasteiger partial charge on any atom is 0.349 e. The zero-order chi connectivity index (χ0) is 24.0. The molecular weight excluding hydrogens is 452 g/mol. The standard InChI is InChI=1S/C22H25FN3O6P/c1-3-31-33(30,32-4-2)13-25-21(28)19-17(12-27)20-18(26-22(19)29)10-15(11-24-20)9-14-5-7-16(23)8-6-14/h5-8,10-11,27H,3-4,9,12-13H2,1-2H3,(H,25,28)(H,26,29). The molecular formula is C22H25FN3O6P. The number of nitrogens with zero attached hydrogens (tertiary/aromatic N) is 1. The van der Waals surface area contributed by atoms with Gasteiger partial charge in [-0.2, -0.15) is 0 Å². The van der Waals surface area contributed by atoms with Crippen molar-refractivity contribution >= 4 is 24.5 Å². The molecule has 0 saturated heterocycles. The van der Waals surface area contributed by atoms with Crippen LogP contribution in [0.2, 0.25) is 0 Å². The lowest BCUT2D eigenvalue weighted by molar-refractivity contribution is 0.0949. The molecule has 0 bridgehead atoms. The first kappa shape index (κ1) is 24.7. The van der Waals surface area contributed by atoms with Gasteiger partial charge in [0.05, 0.1) is 30.9 Å². The minimum Gasteiger partial charge on any atom is -0.392 e. The Hall–Kier alpha value is -2.91. The SMILES string of the molecule is CCOP(=O)(CNC(=O)c1c(CO)c2ncc(Cc3ccc(F)cc3)cc2[nH]c1=O)OCC. The van der Waals surface area contributed by atoms with Crippen LogP contribution in [0.4, 0.5) is 4.39 Å². The molecule has 1 aromatic carbocycles. The average Bonchev–Trinajstić information content (AvgIpc) is 2.78. The van der Waals surface area contributed by atoms with Crippen LogP contribution in [-0.4, -0.2) is 40.5 Å². The number of aliphatic hydroxyl groups is 1. The molecule has 0 atom stereocenters. The molecule has 176 valence electrons. The molecule has 2 heterocycles. The predicted molar refractivity (Wildman–Crippen MR) is 121 cm³/mol. The number of fused-ring (bicyclic) bond motifs is 1. The second-order valence-corrected chi connectivity index (χ2v) is 9.17. The number of aromatic amines is 1. The number of carbonyl (C=O) groups is 1. The molecule has 0 radical (unpaired) electrons. The van der Waals surface area contributed by atoms with Crippen molar-refractivity contribution in [2.75, 3.05) is 19.5 Å². The minimum atomic E-state index is -3.57. The van der Waals surface area contributed by atoms with Crippen LogP contribution < -0.4 is 10.9 Å². The fourth-order valence-corrected chi connectivity index (χ4v) is 4.77. The lowest BCUT2D eigenvalue weighted by Crippen LogP contribution is -2.32. The summed E-state index contributed by atoms with van der Waals surface area (Å²) in [5.74, 6) is -1.17. The second kappa shape index (κ2) is 10.8. The van der Waals surface area contributed by atoms with Crippen molar-refractivity contribution < 1.29 is 27.9 Å². The van der Waals surface area contributed by atoms with Crippen molar-refractivity contribution in [3.05, 3.63) is 75.0 Å². The Kier molecular flexibility index (Phi) is 8.10. The third-order valence-electron chi connectivity index (χ3n) is 4.80.